The molecule has 0 amide bonds. The van der Waals surface area contributed by atoms with Crippen molar-refractivity contribution in [2.75, 3.05) is 14.1 Å². The van der Waals surface area contributed by atoms with Crippen LogP contribution in [0.4, 0.5) is 0 Å². The fourth-order valence-corrected chi connectivity index (χ4v) is 3.36. The normalized spacial score (nSPS) is 11.5. The number of aryl methyl sites for hydroxylation is 1. The summed E-state index contributed by atoms with van der Waals surface area (Å²) in [6.07, 6.45) is 7.41. The lowest BCUT2D eigenvalue weighted by Crippen LogP contribution is -2.38. The first-order valence-electron chi connectivity index (χ1n) is 10.1. The third-order valence-electron chi connectivity index (χ3n) is 5.01. The molecule has 0 radical (unpaired) electrons. The van der Waals surface area contributed by atoms with Gasteiger partial charge in [0.1, 0.15) is 17.5 Å². The lowest BCUT2D eigenvalue weighted by molar-refractivity contribution is 0.464. The quantitative estimate of drug-likeness (QED) is 0.374. The van der Waals surface area contributed by atoms with Crippen LogP contribution in [0.3, 0.4) is 0 Å². The van der Waals surface area contributed by atoms with Crippen molar-refractivity contribution in [3.05, 3.63) is 84.5 Å². The summed E-state index contributed by atoms with van der Waals surface area (Å²) in [5, 5.41) is 3.38. The molecule has 8 heteroatoms. The molecule has 4 rings (SSSR count). The van der Waals surface area contributed by atoms with Crippen molar-refractivity contribution in [3.63, 3.8) is 0 Å². The third-order valence-corrected chi connectivity index (χ3v) is 5.01. The standard InChI is InChI=1S/C23H26N8/c1-17-25-11-12-31(17)22-10-9-18(13-27-22)14-28-23(24-2)30(3)16-21-26-15-20(29-21)19-7-5-4-6-8-19/h4-13,15H,14,16H2,1-3H3,(H,24,28)(H,26,29). The zero-order valence-electron chi connectivity index (χ0n) is 17.9. The van der Waals surface area contributed by atoms with Gasteiger partial charge >= 0.3 is 0 Å². The molecule has 0 spiro atoms. The van der Waals surface area contributed by atoms with Crippen molar-refractivity contribution in [3.8, 4) is 17.1 Å². The van der Waals surface area contributed by atoms with Crippen molar-refractivity contribution >= 4 is 5.96 Å². The van der Waals surface area contributed by atoms with Gasteiger partial charge in [-0.25, -0.2) is 15.0 Å². The van der Waals surface area contributed by atoms with E-state index in [1.807, 2.05) is 66.3 Å². The van der Waals surface area contributed by atoms with Crippen LogP contribution < -0.4 is 5.32 Å². The van der Waals surface area contributed by atoms with E-state index in [1.165, 1.54) is 0 Å². The van der Waals surface area contributed by atoms with E-state index in [1.54, 1.807) is 13.2 Å². The van der Waals surface area contributed by atoms with Gasteiger partial charge in [-0.3, -0.25) is 9.56 Å². The van der Waals surface area contributed by atoms with Gasteiger partial charge in [0.15, 0.2) is 5.96 Å². The maximum Gasteiger partial charge on any atom is 0.194 e. The molecule has 0 aliphatic rings. The number of hydrogen-bond donors (Lipinski definition) is 2. The Bertz CT molecular complexity index is 1140. The number of benzene rings is 1. The highest BCUT2D eigenvalue weighted by Crippen LogP contribution is 2.16. The summed E-state index contributed by atoms with van der Waals surface area (Å²) in [6, 6.07) is 14.2. The number of nitrogens with one attached hydrogen (secondary N) is 2. The van der Waals surface area contributed by atoms with E-state index < -0.39 is 0 Å². The molecular formula is C23H26N8. The summed E-state index contributed by atoms with van der Waals surface area (Å²) >= 11 is 0. The van der Waals surface area contributed by atoms with Gasteiger partial charge in [-0.2, -0.15) is 0 Å². The fourth-order valence-electron chi connectivity index (χ4n) is 3.36. The Morgan fingerprint density at radius 3 is 2.61 bits per heavy atom. The molecule has 2 N–H and O–H groups in total. The molecule has 1 aromatic carbocycles. The van der Waals surface area contributed by atoms with Crippen molar-refractivity contribution in [1.82, 2.24) is 34.7 Å². The Hall–Kier alpha value is -3.94. The van der Waals surface area contributed by atoms with E-state index in [0.717, 1.165) is 40.2 Å². The van der Waals surface area contributed by atoms with Gasteiger partial charge in [0, 0.05) is 39.2 Å². The Balaban J connectivity index is 1.35. The number of aliphatic imine (C=N–C) groups is 1. The van der Waals surface area contributed by atoms with Crippen LogP contribution in [0, 0.1) is 6.92 Å². The van der Waals surface area contributed by atoms with Crippen LogP contribution in [0.2, 0.25) is 0 Å². The highest BCUT2D eigenvalue weighted by molar-refractivity contribution is 5.79. The van der Waals surface area contributed by atoms with Gasteiger partial charge in [-0.1, -0.05) is 36.4 Å². The van der Waals surface area contributed by atoms with Gasteiger partial charge in [0.2, 0.25) is 0 Å². The number of rotatable bonds is 6. The number of H-pyrrole nitrogens is 1. The molecule has 0 fully saturated rings. The first kappa shape index (κ1) is 20.3. The second-order valence-electron chi connectivity index (χ2n) is 7.24. The van der Waals surface area contributed by atoms with Gasteiger partial charge in [-0.05, 0) is 24.1 Å². The minimum atomic E-state index is 0.615. The van der Waals surface area contributed by atoms with E-state index in [9.17, 15) is 0 Å². The van der Waals surface area contributed by atoms with Crippen molar-refractivity contribution in [2.45, 2.75) is 20.0 Å². The van der Waals surface area contributed by atoms with E-state index >= 15 is 0 Å². The molecular weight excluding hydrogens is 388 g/mol. The summed E-state index contributed by atoms with van der Waals surface area (Å²) < 4.78 is 1.96. The zero-order chi connectivity index (χ0) is 21.6. The van der Waals surface area contributed by atoms with Crippen LogP contribution >= 0.6 is 0 Å². The molecule has 3 aromatic heterocycles. The minimum absolute atomic E-state index is 0.615. The molecule has 0 unspecified atom stereocenters. The number of nitrogens with zero attached hydrogens (tertiary/aromatic N) is 6. The number of imidazole rings is 2. The summed E-state index contributed by atoms with van der Waals surface area (Å²) in [6.45, 7) is 3.20. The second-order valence-corrected chi connectivity index (χ2v) is 7.24. The molecule has 0 saturated heterocycles. The van der Waals surface area contributed by atoms with Crippen molar-refractivity contribution < 1.29 is 0 Å². The second kappa shape index (κ2) is 9.25. The molecule has 31 heavy (non-hydrogen) atoms. The third kappa shape index (κ3) is 4.80. The molecule has 0 atom stereocenters. The van der Waals surface area contributed by atoms with E-state index in [0.29, 0.717) is 13.1 Å². The van der Waals surface area contributed by atoms with Crippen molar-refractivity contribution in [1.29, 1.82) is 0 Å². The average Bonchev–Trinajstić information content (AvgIpc) is 3.44. The largest absolute Gasteiger partial charge is 0.352 e. The molecule has 0 bridgehead atoms. The molecule has 158 valence electrons. The maximum absolute atomic E-state index is 4.54. The monoisotopic (exact) mass is 414 g/mol. The van der Waals surface area contributed by atoms with Gasteiger partial charge in [0.05, 0.1) is 18.4 Å². The molecule has 3 heterocycles. The Labute approximate surface area is 181 Å². The van der Waals surface area contributed by atoms with E-state index in [4.69, 9.17) is 0 Å². The molecule has 4 aromatic rings. The number of aromatic nitrogens is 5. The highest BCUT2D eigenvalue weighted by atomic mass is 15.3. The van der Waals surface area contributed by atoms with E-state index in [2.05, 4.69) is 48.4 Å². The average molecular weight is 415 g/mol. The molecule has 0 saturated carbocycles. The van der Waals surface area contributed by atoms with Crippen LogP contribution in [0.15, 0.2) is 72.2 Å². The van der Waals surface area contributed by atoms with Crippen LogP contribution in [-0.2, 0) is 13.1 Å². The summed E-state index contributed by atoms with van der Waals surface area (Å²) in [7, 11) is 3.77. The Morgan fingerprint density at radius 1 is 1.10 bits per heavy atom. The number of pyridine rings is 1. The van der Waals surface area contributed by atoms with Crippen LogP contribution in [0.25, 0.3) is 17.1 Å². The Morgan fingerprint density at radius 2 is 1.94 bits per heavy atom. The van der Waals surface area contributed by atoms with Crippen LogP contribution in [0.5, 0.6) is 0 Å². The molecule has 0 aliphatic heterocycles. The first-order valence-corrected chi connectivity index (χ1v) is 10.1. The lowest BCUT2D eigenvalue weighted by atomic mass is 10.2. The lowest BCUT2D eigenvalue weighted by Gasteiger charge is -2.21. The smallest absolute Gasteiger partial charge is 0.194 e. The predicted octanol–water partition coefficient (Wildman–Crippen LogP) is 3.17. The van der Waals surface area contributed by atoms with E-state index in [-0.39, 0.29) is 0 Å². The van der Waals surface area contributed by atoms with Crippen LogP contribution in [0.1, 0.15) is 17.2 Å². The number of guanidine groups is 1. The molecule has 8 nitrogen and oxygen atoms in total. The summed E-state index contributed by atoms with van der Waals surface area (Å²) in [5.74, 6) is 3.43. The SMILES string of the molecule is CN=C(NCc1ccc(-n2ccnc2C)nc1)N(C)Cc1ncc(-c2ccccc2)[nH]1. The highest BCUT2D eigenvalue weighted by Gasteiger charge is 2.10. The topological polar surface area (TPSA) is 87.0 Å². The number of aromatic amines is 1. The summed E-state index contributed by atoms with van der Waals surface area (Å²) in [4.78, 5) is 23.1. The van der Waals surface area contributed by atoms with Gasteiger partial charge in [0.25, 0.3) is 0 Å². The van der Waals surface area contributed by atoms with Crippen molar-refractivity contribution in [2.24, 2.45) is 4.99 Å². The summed E-state index contributed by atoms with van der Waals surface area (Å²) in [5.41, 5.74) is 3.19. The maximum atomic E-state index is 4.54. The fraction of sp³-hybridized carbons (Fsp3) is 0.217. The van der Waals surface area contributed by atoms with Gasteiger partial charge < -0.3 is 15.2 Å². The minimum Gasteiger partial charge on any atom is -0.352 e. The zero-order valence-corrected chi connectivity index (χ0v) is 17.9. The first-order chi connectivity index (χ1) is 15.1. The number of hydrogen-bond acceptors (Lipinski definition) is 4. The predicted molar refractivity (Wildman–Crippen MR) is 122 cm³/mol. The van der Waals surface area contributed by atoms with Crippen LogP contribution in [-0.4, -0.2) is 49.5 Å². The Kier molecular flexibility index (Phi) is 6.07. The molecule has 0 aliphatic carbocycles. The van der Waals surface area contributed by atoms with Gasteiger partial charge in [-0.15, -0.1) is 0 Å².